The molecule has 4 amide bonds. The van der Waals surface area contributed by atoms with Gasteiger partial charge in [-0.15, -0.1) is 0 Å². The standard InChI is InChI=1S/C32H62N4O4/c1-7-9-11-17-21-25-35(5)31(39)27(3)29(37)33-23-19-15-13-14-16-20-24-34-30(38)28(4)32(40)36(6)26-22-18-12-10-8-2/h27-28H,7-26H2,1-6H3,(H,33,37)(H,34,38)/t27-,28-/m0/s1. The third-order valence-corrected chi connectivity index (χ3v) is 7.68. The average Bonchev–Trinajstić information content (AvgIpc) is 2.95. The fourth-order valence-electron chi connectivity index (χ4n) is 4.70. The lowest BCUT2D eigenvalue weighted by Gasteiger charge is -2.21. The summed E-state index contributed by atoms with van der Waals surface area (Å²) in [5, 5.41) is 5.82. The molecule has 8 heteroatoms. The lowest BCUT2D eigenvalue weighted by atomic mass is 10.1. The van der Waals surface area contributed by atoms with Crippen molar-refractivity contribution in [1.82, 2.24) is 20.4 Å². The number of carbonyl (C=O) groups is 4. The predicted molar refractivity (Wildman–Crippen MR) is 165 cm³/mol. The first-order valence-electron chi connectivity index (χ1n) is 16.2. The van der Waals surface area contributed by atoms with Crippen LogP contribution in [-0.2, 0) is 19.2 Å². The minimum Gasteiger partial charge on any atom is -0.355 e. The number of unbranched alkanes of at least 4 members (excludes halogenated alkanes) is 13. The van der Waals surface area contributed by atoms with Crippen LogP contribution in [0.25, 0.3) is 0 Å². The van der Waals surface area contributed by atoms with Crippen molar-refractivity contribution < 1.29 is 19.2 Å². The van der Waals surface area contributed by atoms with Crippen molar-refractivity contribution in [2.24, 2.45) is 11.8 Å². The molecule has 0 saturated heterocycles. The molecule has 0 rings (SSSR count). The summed E-state index contributed by atoms with van der Waals surface area (Å²) in [5.74, 6) is -1.89. The minimum absolute atomic E-state index is 0.108. The lowest BCUT2D eigenvalue weighted by Crippen LogP contribution is -2.41. The topological polar surface area (TPSA) is 98.8 Å². The quantitative estimate of drug-likeness (QED) is 0.110. The van der Waals surface area contributed by atoms with Gasteiger partial charge in [0.2, 0.25) is 23.6 Å². The monoisotopic (exact) mass is 566 g/mol. The molecule has 0 spiro atoms. The van der Waals surface area contributed by atoms with Crippen LogP contribution in [0.1, 0.15) is 130 Å². The Morgan fingerprint density at radius 3 is 1.15 bits per heavy atom. The Labute approximate surface area is 245 Å². The second-order valence-corrected chi connectivity index (χ2v) is 11.5. The van der Waals surface area contributed by atoms with Gasteiger partial charge in [-0.25, -0.2) is 0 Å². The van der Waals surface area contributed by atoms with Gasteiger partial charge in [-0.3, -0.25) is 19.2 Å². The second kappa shape index (κ2) is 24.7. The second-order valence-electron chi connectivity index (χ2n) is 11.5. The minimum atomic E-state index is -0.648. The number of hydrogen-bond donors (Lipinski definition) is 2. The first kappa shape index (κ1) is 37.9. The first-order valence-corrected chi connectivity index (χ1v) is 16.2. The average molecular weight is 567 g/mol. The number of carbonyl (C=O) groups excluding carboxylic acids is 4. The fraction of sp³-hybridized carbons (Fsp3) is 0.875. The van der Waals surface area contributed by atoms with E-state index >= 15 is 0 Å². The largest absolute Gasteiger partial charge is 0.355 e. The van der Waals surface area contributed by atoms with Crippen molar-refractivity contribution in [2.75, 3.05) is 40.3 Å². The smallest absolute Gasteiger partial charge is 0.234 e. The van der Waals surface area contributed by atoms with Crippen molar-refractivity contribution in [3.8, 4) is 0 Å². The lowest BCUT2D eigenvalue weighted by molar-refractivity contribution is -0.142. The van der Waals surface area contributed by atoms with Crippen LogP contribution in [0.3, 0.4) is 0 Å². The molecule has 0 aliphatic heterocycles. The molecule has 0 fully saturated rings. The van der Waals surface area contributed by atoms with Crippen LogP contribution in [0.15, 0.2) is 0 Å². The maximum atomic E-state index is 12.5. The summed E-state index contributed by atoms with van der Waals surface area (Å²) >= 11 is 0. The fourth-order valence-corrected chi connectivity index (χ4v) is 4.70. The van der Waals surface area contributed by atoms with Gasteiger partial charge in [-0.05, 0) is 39.5 Å². The van der Waals surface area contributed by atoms with Gasteiger partial charge in [0.15, 0.2) is 0 Å². The van der Waals surface area contributed by atoms with E-state index in [-0.39, 0.29) is 23.6 Å². The summed E-state index contributed by atoms with van der Waals surface area (Å²) < 4.78 is 0. The Balaban J connectivity index is 3.84. The Kier molecular flexibility index (Phi) is 23.4. The first-order chi connectivity index (χ1) is 19.2. The van der Waals surface area contributed by atoms with Crippen LogP contribution in [0.5, 0.6) is 0 Å². The van der Waals surface area contributed by atoms with Crippen LogP contribution in [0.2, 0.25) is 0 Å². The van der Waals surface area contributed by atoms with Gasteiger partial charge < -0.3 is 20.4 Å². The van der Waals surface area contributed by atoms with Gasteiger partial charge >= 0.3 is 0 Å². The molecule has 8 nitrogen and oxygen atoms in total. The number of hydrogen-bond acceptors (Lipinski definition) is 4. The van der Waals surface area contributed by atoms with Crippen molar-refractivity contribution >= 4 is 23.6 Å². The van der Waals surface area contributed by atoms with E-state index in [2.05, 4.69) is 24.5 Å². The molecule has 0 aromatic rings. The van der Waals surface area contributed by atoms with Crippen LogP contribution in [-0.4, -0.2) is 73.7 Å². The summed E-state index contributed by atoms with van der Waals surface area (Å²) in [6.07, 6.45) is 17.4. The highest BCUT2D eigenvalue weighted by molar-refractivity contribution is 6.00. The Morgan fingerprint density at radius 2 is 0.800 bits per heavy atom. The zero-order valence-electron chi connectivity index (χ0n) is 26.8. The molecule has 0 heterocycles. The molecule has 2 N–H and O–H groups in total. The van der Waals surface area contributed by atoms with E-state index in [1.165, 1.54) is 38.5 Å². The molecule has 0 radical (unpaired) electrons. The van der Waals surface area contributed by atoms with Crippen LogP contribution >= 0.6 is 0 Å². The Hall–Kier alpha value is -2.12. The zero-order chi connectivity index (χ0) is 30.2. The maximum Gasteiger partial charge on any atom is 0.234 e. The van der Waals surface area contributed by atoms with E-state index < -0.39 is 11.8 Å². The van der Waals surface area contributed by atoms with Gasteiger partial charge in [0.05, 0.1) is 0 Å². The molecule has 0 saturated carbocycles. The number of rotatable bonds is 25. The van der Waals surface area contributed by atoms with E-state index in [1.807, 2.05) is 0 Å². The highest BCUT2D eigenvalue weighted by Gasteiger charge is 2.25. The van der Waals surface area contributed by atoms with Crippen LogP contribution in [0, 0.1) is 11.8 Å². The third kappa shape index (κ3) is 18.3. The maximum absolute atomic E-state index is 12.5. The molecule has 0 aromatic carbocycles. The molecule has 0 aliphatic carbocycles. The molecule has 234 valence electrons. The number of nitrogens with zero attached hydrogens (tertiary/aromatic N) is 2. The SMILES string of the molecule is CCCCCCCN(C)C(=O)[C@@H](C)C(=O)NCCCCCCCCNC(=O)[C@H](C)C(=O)N(C)CCCCCCC. The normalized spacial score (nSPS) is 12.4. The van der Waals surface area contributed by atoms with Gasteiger partial charge in [0, 0.05) is 40.3 Å². The summed E-state index contributed by atoms with van der Waals surface area (Å²) in [4.78, 5) is 53.1. The summed E-state index contributed by atoms with van der Waals surface area (Å²) in [6.45, 7) is 10.3. The Morgan fingerprint density at radius 1 is 0.500 bits per heavy atom. The summed E-state index contributed by atoms with van der Waals surface area (Å²) in [7, 11) is 3.57. The zero-order valence-corrected chi connectivity index (χ0v) is 26.8. The predicted octanol–water partition coefficient (Wildman–Crippen LogP) is 5.69. The molecule has 0 aromatic heterocycles. The highest BCUT2D eigenvalue weighted by atomic mass is 16.2. The molecule has 0 unspecified atom stereocenters. The molecular formula is C32H62N4O4. The highest BCUT2D eigenvalue weighted by Crippen LogP contribution is 2.09. The van der Waals surface area contributed by atoms with Gasteiger partial charge in [0.25, 0.3) is 0 Å². The van der Waals surface area contributed by atoms with Crippen molar-refractivity contribution in [3.05, 3.63) is 0 Å². The van der Waals surface area contributed by atoms with Crippen LogP contribution in [0.4, 0.5) is 0 Å². The molecule has 40 heavy (non-hydrogen) atoms. The van der Waals surface area contributed by atoms with E-state index in [0.29, 0.717) is 26.2 Å². The van der Waals surface area contributed by atoms with E-state index in [9.17, 15) is 19.2 Å². The third-order valence-electron chi connectivity index (χ3n) is 7.68. The molecule has 0 bridgehead atoms. The van der Waals surface area contributed by atoms with Crippen molar-refractivity contribution in [1.29, 1.82) is 0 Å². The van der Waals surface area contributed by atoms with E-state index in [4.69, 9.17) is 0 Å². The number of amides is 4. The van der Waals surface area contributed by atoms with E-state index in [0.717, 1.165) is 64.2 Å². The molecule has 2 atom stereocenters. The van der Waals surface area contributed by atoms with Crippen LogP contribution < -0.4 is 10.6 Å². The van der Waals surface area contributed by atoms with Gasteiger partial charge in [0.1, 0.15) is 11.8 Å². The Bertz CT molecular complexity index is 642. The molecular weight excluding hydrogens is 504 g/mol. The molecule has 0 aliphatic rings. The summed E-state index contributed by atoms with van der Waals surface area (Å²) in [6, 6.07) is 0. The number of nitrogens with one attached hydrogen (secondary N) is 2. The van der Waals surface area contributed by atoms with Gasteiger partial charge in [-0.1, -0.05) is 90.9 Å². The van der Waals surface area contributed by atoms with E-state index in [1.54, 1.807) is 37.7 Å². The van der Waals surface area contributed by atoms with Crippen molar-refractivity contribution in [2.45, 2.75) is 130 Å². The summed E-state index contributed by atoms with van der Waals surface area (Å²) in [5.41, 5.74) is 0. The van der Waals surface area contributed by atoms with Gasteiger partial charge in [-0.2, -0.15) is 0 Å². The van der Waals surface area contributed by atoms with Crippen molar-refractivity contribution in [3.63, 3.8) is 0 Å².